The van der Waals surface area contributed by atoms with Gasteiger partial charge in [-0.05, 0) is 51.1 Å². The summed E-state index contributed by atoms with van der Waals surface area (Å²) in [6.45, 7) is 8.44. The van der Waals surface area contributed by atoms with Crippen molar-refractivity contribution in [3.63, 3.8) is 0 Å². The lowest BCUT2D eigenvalue weighted by Crippen LogP contribution is -2.52. The Hall–Kier alpha value is -0.0800. The van der Waals surface area contributed by atoms with Crippen LogP contribution in [0, 0.1) is 11.3 Å². The van der Waals surface area contributed by atoms with Gasteiger partial charge in [0.05, 0.1) is 0 Å². The average Bonchev–Trinajstić information content (AvgIpc) is 2.81. The van der Waals surface area contributed by atoms with Crippen molar-refractivity contribution in [2.75, 3.05) is 20.6 Å². The molecule has 0 heterocycles. The van der Waals surface area contributed by atoms with Crippen molar-refractivity contribution in [3.8, 4) is 0 Å². The van der Waals surface area contributed by atoms with Crippen LogP contribution in [-0.2, 0) is 0 Å². The molecule has 1 N–H and O–H groups in total. The molecule has 2 atom stereocenters. The Bertz CT molecular complexity index is 277. The molecule has 2 fully saturated rings. The molecule has 2 aliphatic carbocycles. The number of nitrogens with zero attached hydrogens (tertiary/aromatic N) is 1. The van der Waals surface area contributed by atoms with E-state index in [0.29, 0.717) is 11.0 Å². The Balaban J connectivity index is 1.91. The Morgan fingerprint density at radius 2 is 1.72 bits per heavy atom. The van der Waals surface area contributed by atoms with E-state index < -0.39 is 0 Å². The van der Waals surface area contributed by atoms with E-state index in [1.165, 1.54) is 45.1 Å². The summed E-state index contributed by atoms with van der Waals surface area (Å²) in [6, 6.07) is 0.734. The van der Waals surface area contributed by atoms with Crippen LogP contribution in [0.2, 0.25) is 0 Å². The van der Waals surface area contributed by atoms with Crippen molar-refractivity contribution in [2.45, 2.75) is 70.9 Å². The van der Waals surface area contributed by atoms with Gasteiger partial charge in [-0.25, -0.2) is 0 Å². The lowest BCUT2D eigenvalue weighted by atomic mass is 9.91. The van der Waals surface area contributed by atoms with Crippen LogP contribution in [0.25, 0.3) is 0 Å². The molecule has 0 radical (unpaired) electrons. The molecule has 0 aliphatic heterocycles. The first-order chi connectivity index (χ1) is 8.35. The number of hydrogen-bond acceptors (Lipinski definition) is 2. The minimum atomic E-state index is 0.437. The summed E-state index contributed by atoms with van der Waals surface area (Å²) in [4.78, 5) is 2.47. The normalized spacial score (nSPS) is 34.3. The lowest BCUT2D eigenvalue weighted by molar-refractivity contribution is 0.146. The number of rotatable bonds is 4. The summed E-state index contributed by atoms with van der Waals surface area (Å²) in [6.07, 6.45) is 8.28. The van der Waals surface area contributed by atoms with Crippen molar-refractivity contribution in [1.29, 1.82) is 0 Å². The molecule has 18 heavy (non-hydrogen) atoms. The van der Waals surface area contributed by atoms with Gasteiger partial charge in [0.25, 0.3) is 0 Å². The SMILES string of the molecule is CC1CC(C)(C)CC1NCC1(N(C)C)CCCC1. The van der Waals surface area contributed by atoms with E-state index in [4.69, 9.17) is 0 Å². The first-order valence-corrected chi connectivity index (χ1v) is 7.76. The Morgan fingerprint density at radius 3 is 2.17 bits per heavy atom. The lowest BCUT2D eigenvalue weighted by Gasteiger charge is -2.38. The van der Waals surface area contributed by atoms with Crippen LogP contribution >= 0.6 is 0 Å². The molecule has 106 valence electrons. The van der Waals surface area contributed by atoms with Gasteiger partial charge in [-0.2, -0.15) is 0 Å². The predicted octanol–water partition coefficient (Wildman–Crippen LogP) is 3.28. The third-order valence-corrected chi connectivity index (χ3v) is 5.51. The summed E-state index contributed by atoms with van der Waals surface area (Å²) < 4.78 is 0. The standard InChI is InChI=1S/C16H32N2/c1-13-10-15(2,3)11-14(13)17-12-16(18(4)5)8-6-7-9-16/h13-14,17H,6-12H2,1-5H3. The molecule has 2 unspecified atom stereocenters. The first kappa shape index (κ1) is 14.3. The van der Waals surface area contributed by atoms with Crippen LogP contribution in [-0.4, -0.2) is 37.1 Å². The van der Waals surface area contributed by atoms with Crippen molar-refractivity contribution in [3.05, 3.63) is 0 Å². The molecule has 0 saturated heterocycles. The largest absolute Gasteiger partial charge is 0.312 e. The van der Waals surface area contributed by atoms with Crippen molar-refractivity contribution in [2.24, 2.45) is 11.3 Å². The van der Waals surface area contributed by atoms with Gasteiger partial charge >= 0.3 is 0 Å². The minimum Gasteiger partial charge on any atom is -0.312 e. The van der Waals surface area contributed by atoms with Crippen LogP contribution in [0.5, 0.6) is 0 Å². The third-order valence-electron chi connectivity index (χ3n) is 5.51. The van der Waals surface area contributed by atoms with Crippen molar-refractivity contribution in [1.82, 2.24) is 10.2 Å². The molecular weight excluding hydrogens is 220 g/mol. The van der Waals surface area contributed by atoms with E-state index in [1.807, 2.05) is 0 Å². The second-order valence-corrected chi connectivity index (χ2v) is 7.86. The molecule has 2 saturated carbocycles. The number of hydrogen-bond donors (Lipinski definition) is 1. The molecule has 0 aromatic heterocycles. The second-order valence-electron chi connectivity index (χ2n) is 7.86. The van der Waals surface area contributed by atoms with Crippen LogP contribution in [0.15, 0.2) is 0 Å². The maximum Gasteiger partial charge on any atom is 0.0327 e. The molecule has 2 heteroatoms. The molecule has 2 nitrogen and oxygen atoms in total. The maximum absolute atomic E-state index is 3.91. The topological polar surface area (TPSA) is 15.3 Å². The van der Waals surface area contributed by atoms with E-state index >= 15 is 0 Å². The Kier molecular flexibility index (Phi) is 4.08. The van der Waals surface area contributed by atoms with Crippen LogP contribution in [0.1, 0.15) is 59.3 Å². The number of likely N-dealkylation sites (N-methyl/N-ethyl adjacent to an activating group) is 1. The molecule has 0 aromatic carbocycles. The first-order valence-electron chi connectivity index (χ1n) is 7.76. The van der Waals surface area contributed by atoms with Gasteiger partial charge in [-0.15, -0.1) is 0 Å². The fourth-order valence-corrected chi connectivity index (χ4v) is 4.30. The van der Waals surface area contributed by atoms with Crippen LogP contribution < -0.4 is 5.32 Å². The molecule has 2 rings (SSSR count). The summed E-state index contributed by atoms with van der Waals surface area (Å²) in [7, 11) is 4.52. The maximum atomic E-state index is 3.91. The van der Waals surface area contributed by atoms with Crippen LogP contribution in [0.3, 0.4) is 0 Å². The second kappa shape index (κ2) is 5.13. The van der Waals surface area contributed by atoms with Gasteiger partial charge in [-0.1, -0.05) is 33.6 Å². The highest BCUT2D eigenvalue weighted by atomic mass is 15.2. The summed E-state index contributed by atoms with van der Waals surface area (Å²) in [5.41, 5.74) is 0.977. The smallest absolute Gasteiger partial charge is 0.0327 e. The van der Waals surface area contributed by atoms with Crippen molar-refractivity contribution < 1.29 is 0 Å². The van der Waals surface area contributed by atoms with Gasteiger partial charge in [0.15, 0.2) is 0 Å². The van der Waals surface area contributed by atoms with Gasteiger partial charge in [0.2, 0.25) is 0 Å². The molecular formula is C16H32N2. The highest BCUT2D eigenvalue weighted by Gasteiger charge is 2.40. The van der Waals surface area contributed by atoms with Gasteiger partial charge in [-0.3, -0.25) is 0 Å². The van der Waals surface area contributed by atoms with E-state index in [0.717, 1.165) is 12.0 Å². The zero-order valence-electron chi connectivity index (χ0n) is 13.1. The zero-order valence-corrected chi connectivity index (χ0v) is 13.1. The molecule has 2 aliphatic rings. The Labute approximate surface area is 114 Å². The average molecular weight is 252 g/mol. The quantitative estimate of drug-likeness (QED) is 0.826. The highest BCUT2D eigenvalue weighted by molar-refractivity contribution is 4.98. The molecule has 0 spiro atoms. The van der Waals surface area contributed by atoms with Gasteiger partial charge in [0, 0.05) is 18.1 Å². The Morgan fingerprint density at radius 1 is 1.11 bits per heavy atom. The fraction of sp³-hybridized carbons (Fsp3) is 1.00. The summed E-state index contributed by atoms with van der Waals surface area (Å²) in [5.74, 6) is 0.834. The summed E-state index contributed by atoms with van der Waals surface area (Å²) in [5, 5.41) is 3.91. The monoisotopic (exact) mass is 252 g/mol. The molecule has 0 bridgehead atoms. The zero-order chi connectivity index (χ0) is 13.4. The van der Waals surface area contributed by atoms with E-state index in [2.05, 4.69) is 45.1 Å². The molecule has 0 amide bonds. The fourth-order valence-electron chi connectivity index (χ4n) is 4.30. The van der Waals surface area contributed by atoms with Crippen molar-refractivity contribution >= 4 is 0 Å². The van der Waals surface area contributed by atoms with E-state index in [-0.39, 0.29) is 0 Å². The number of nitrogens with one attached hydrogen (secondary N) is 1. The third kappa shape index (κ3) is 2.91. The highest BCUT2D eigenvalue weighted by Crippen LogP contribution is 2.41. The van der Waals surface area contributed by atoms with Gasteiger partial charge in [0.1, 0.15) is 0 Å². The van der Waals surface area contributed by atoms with Gasteiger partial charge < -0.3 is 10.2 Å². The minimum absolute atomic E-state index is 0.437. The van der Waals surface area contributed by atoms with Crippen LogP contribution in [0.4, 0.5) is 0 Å². The van der Waals surface area contributed by atoms with E-state index in [9.17, 15) is 0 Å². The molecule has 0 aromatic rings. The van der Waals surface area contributed by atoms with E-state index in [1.54, 1.807) is 0 Å². The summed E-state index contributed by atoms with van der Waals surface area (Å²) >= 11 is 0. The predicted molar refractivity (Wildman–Crippen MR) is 78.9 cm³/mol.